The second kappa shape index (κ2) is 4.85. The lowest BCUT2D eigenvalue weighted by atomic mass is 10.1. The second-order valence-electron chi connectivity index (χ2n) is 5.58. The van der Waals surface area contributed by atoms with Crippen LogP contribution in [0.4, 0.5) is 0 Å². The summed E-state index contributed by atoms with van der Waals surface area (Å²) in [5.74, 6) is 1.53. The predicted octanol–water partition coefficient (Wildman–Crippen LogP) is 2.42. The predicted molar refractivity (Wildman–Crippen MR) is 71.0 cm³/mol. The van der Waals surface area contributed by atoms with Crippen LogP contribution in [0.2, 0.25) is 0 Å². The van der Waals surface area contributed by atoms with Gasteiger partial charge >= 0.3 is 0 Å². The van der Waals surface area contributed by atoms with Crippen molar-refractivity contribution in [3.05, 3.63) is 29.3 Å². The van der Waals surface area contributed by atoms with Crippen LogP contribution < -0.4 is 4.74 Å². The zero-order valence-electron chi connectivity index (χ0n) is 11.4. The number of hydrogen-bond acceptors (Lipinski definition) is 3. The van der Waals surface area contributed by atoms with E-state index in [1.54, 1.807) is 0 Å². The van der Waals surface area contributed by atoms with Crippen LogP contribution in [0.1, 0.15) is 36.2 Å². The molecule has 0 N–H and O–H groups in total. The smallest absolute Gasteiger partial charge is 0.254 e. The van der Waals surface area contributed by atoms with E-state index < -0.39 is 0 Å². The topological polar surface area (TPSA) is 38.8 Å². The van der Waals surface area contributed by atoms with Gasteiger partial charge in [0.1, 0.15) is 5.75 Å². The van der Waals surface area contributed by atoms with Crippen LogP contribution in [0, 0.1) is 5.92 Å². The van der Waals surface area contributed by atoms with Gasteiger partial charge in [0, 0.05) is 23.7 Å². The van der Waals surface area contributed by atoms with Crippen molar-refractivity contribution in [1.29, 1.82) is 0 Å². The van der Waals surface area contributed by atoms with Gasteiger partial charge in [0.25, 0.3) is 5.91 Å². The molecule has 2 heterocycles. The van der Waals surface area contributed by atoms with E-state index >= 15 is 0 Å². The lowest BCUT2D eigenvalue weighted by Gasteiger charge is -2.23. The van der Waals surface area contributed by atoms with E-state index in [-0.39, 0.29) is 5.91 Å². The van der Waals surface area contributed by atoms with Crippen molar-refractivity contribution in [2.45, 2.75) is 32.9 Å². The Morgan fingerprint density at radius 3 is 2.95 bits per heavy atom. The number of carbonyl (C=O) groups excluding carboxylic acids is 1. The summed E-state index contributed by atoms with van der Waals surface area (Å²) < 4.78 is 10.6. The van der Waals surface area contributed by atoms with E-state index in [1.165, 1.54) is 0 Å². The molecular weight excluding hydrogens is 242 g/mol. The highest BCUT2D eigenvalue weighted by atomic mass is 16.7. The van der Waals surface area contributed by atoms with Crippen molar-refractivity contribution in [3.63, 3.8) is 0 Å². The molecule has 2 aliphatic heterocycles. The fourth-order valence-corrected chi connectivity index (χ4v) is 2.97. The molecule has 0 saturated carbocycles. The number of rotatable bonds is 1. The van der Waals surface area contributed by atoms with Gasteiger partial charge in [-0.15, -0.1) is 0 Å². The zero-order valence-corrected chi connectivity index (χ0v) is 11.4. The molecule has 2 unspecified atom stereocenters. The maximum absolute atomic E-state index is 12.5. The average Bonchev–Trinajstić information content (AvgIpc) is 2.76. The highest BCUT2D eigenvalue weighted by Crippen LogP contribution is 2.28. The molecule has 0 spiro atoms. The van der Waals surface area contributed by atoms with Crippen molar-refractivity contribution >= 4 is 5.91 Å². The Bertz CT molecular complexity index is 500. The SMILES string of the molecule is CC1CC(C)N(C(=O)c2ccc3c(c2)COCO3)C1. The van der Waals surface area contributed by atoms with Crippen molar-refractivity contribution in [2.24, 2.45) is 5.92 Å². The summed E-state index contributed by atoms with van der Waals surface area (Å²) in [6.07, 6.45) is 1.09. The second-order valence-corrected chi connectivity index (χ2v) is 5.58. The molecule has 1 fully saturated rings. The number of benzene rings is 1. The Hall–Kier alpha value is -1.55. The molecule has 1 amide bonds. The van der Waals surface area contributed by atoms with Gasteiger partial charge in [-0.05, 0) is 37.5 Å². The Balaban J connectivity index is 1.84. The summed E-state index contributed by atoms with van der Waals surface area (Å²) in [5.41, 5.74) is 1.69. The third-order valence-corrected chi connectivity index (χ3v) is 3.91. The van der Waals surface area contributed by atoms with Gasteiger partial charge in [-0.1, -0.05) is 6.92 Å². The molecule has 19 heavy (non-hydrogen) atoms. The Labute approximate surface area is 113 Å². The number of fused-ring (bicyclic) bond motifs is 1. The minimum atomic E-state index is 0.116. The largest absolute Gasteiger partial charge is 0.467 e. The number of amides is 1. The summed E-state index contributed by atoms with van der Waals surface area (Å²) >= 11 is 0. The summed E-state index contributed by atoms with van der Waals surface area (Å²) in [7, 11) is 0. The van der Waals surface area contributed by atoms with Crippen molar-refractivity contribution in [2.75, 3.05) is 13.3 Å². The molecule has 0 aromatic heterocycles. The van der Waals surface area contributed by atoms with E-state index in [2.05, 4.69) is 13.8 Å². The van der Waals surface area contributed by atoms with Crippen LogP contribution in [0.3, 0.4) is 0 Å². The van der Waals surface area contributed by atoms with E-state index in [0.717, 1.165) is 29.8 Å². The van der Waals surface area contributed by atoms with Gasteiger partial charge in [0.05, 0.1) is 6.61 Å². The Kier molecular flexibility index (Phi) is 3.19. The number of nitrogens with zero attached hydrogens (tertiary/aromatic N) is 1. The van der Waals surface area contributed by atoms with E-state index in [1.807, 2.05) is 23.1 Å². The highest BCUT2D eigenvalue weighted by molar-refractivity contribution is 5.95. The normalized spacial score (nSPS) is 25.9. The molecule has 2 atom stereocenters. The Morgan fingerprint density at radius 2 is 2.21 bits per heavy atom. The molecule has 102 valence electrons. The molecule has 1 aromatic carbocycles. The summed E-state index contributed by atoms with van der Waals surface area (Å²) in [6.45, 7) is 5.97. The minimum absolute atomic E-state index is 0.116. The average molecular weight is 261 g/mol. The molecule has 0 radical (unpaired) electrons. The Morgan fingerprint density at radius 1 is 1.37 bits per heavy atom. The lowest BCUT2D eigenvalue weighted by molar-refractivity contribution is -0.0164. The minimum Gasteiger partial charge on any atom is -0.467 e. The fourth-order valence-electron chi connectivity index (χ4n) is 2.97. The van der Waals surface area contributed by atoms with Crippen LogP contribution in [0.5, 0.6) is 5.75 Å². The molecule has 0 aliphatic carbocycles. The first kappa shape index (κ1) is 12.5. The van der Waals surface area contributed by atoms with E-state index in [0.29, 0.717) is 25.4 Å². The maximum atomic E-state index is 12.5. The molecule has 4 nitrogen and oxygen atoms in total. The van der Waals surface area contributed by atoms with E-state index in [4.69, 9.17) is 9.47 Å². The molecule has 4 heteroatoms. The van der Waals surface area contributed by atoms with E-state index in [9.17, 15) is 4.79 Å². The molecule has 1 saturated heterocycles. The van der Waals surface area contributed by atoms with Gasteiger partial charge < -0.3 is 14.4 Å². The lowest BCUT2D eigenvalue weighted by Crippen LogP contribution is -2.34. The van der Waals surface area contributed by atoms with Gasteiger partial charge in [0.15, 0.2) is 6.79 Å². The number of hydrogen-bond donors (Lipinski definition) is 0. The van der Waals surface area contributed by atoms with Crippen molar-refractivity contribution in [1.82, 2.24) is 4.90 Å². The van der Waals surface area contributed by atoms with Crippen LogP contribution in [-0.4, -0.2) is 30.2 Å². The first-order chi connectivity index (χ1) is 9.15. The van der Waals surface area contributed by atoms with Crippen LogP contribution in [0.15, 0.2) is 18.2 Å². The summed E-state index contributed by atoms with van der Waals surface area (Å²) in [5, 5.41) is 0. The first-order valence-electron chi connectivity index (χ1n) is 6.79. The molecule has 2 aliphatic rings. The quantitative estimate of drug-likeness (QED) is 0.779. The van der Waals surface area contributed by atoms with Gasteiger partial charge in [-0.3, -0.25) is 4.79 Å². The van der Waals surface area contributed by atoms with Gasteiger partial charge in [-0.2, -0.15) is 0 Å². The monoisotopic (exact) mass is 261 g/mol. The first-order valence-corrected chi connectivity index (χ1v) is 6.79. The molecule has 0 bridgehead atoms. The third kappa shape index (κ3) is 2.32. The molecule has 3 rings (SSSR count). The van der Waals surface area contributed by atoms with Crippen LogP contribution in [-0.2, 0) is 11.3 Å². The van der Waals surface area contributed by atoms with Crippen molar-refractivity contribution < 1.29 is 14.3 Å². The van der Waals surface area contributed by atoms with Gasteiger partial charge in [-0.25, -0.2) is 0 Å². The van der Waals surface area contributed by atoms with Crippen LogP contribution >= 0.6 is 0 Å². The van der Waals surface area contributed by atoms with Gasteiger partial charge in [0.2, 0.25) is 0 Å². The highest BCUT2D eigenvalue weighted by Gasteiger charge is 2.30. The number of ether oxygens (including phenoxy) is 2. The molecule has 1 aromatic rings. The fraction of sp³-hybridized carbons (Fsp3) is 0.533. The maximum Gasteiger partial charge on any atom is 0.254 e. The van der Waals surface area contributed by atoms with Crippen LogP contribution in [0.25, 0.3) is 0 Å². The van der Waals surface area contributed by atoms with Crippen molar-refractivity contribution in [3.8, 4) is 5.75 Å². The summed E-state index contributed by atoms with van der Waals surface area (Å²) in [4.78, 5) is 14.5. The summed E-state index contributed by atoms with van der Waals surface area (Å²) in [6, 6.07) is 5.94. The number of likely N-dealkylation sites (tertiary alicyclic amines) is 1. The third-order valence-electron chi connectivity index (χ3n) is 3.91. The number of carbonyl (C=O) groups is 1. The standard InChI is InChI=1S/C15H19NO3/c1-10-5-11(2)16(7-10)15(17)12-3-4-14-13(6-12)8-18-9-19-14/h3-4,6,10-11H,5,7-9H2,1-2H3. The zero-order chi connectivity index (χ0) is 13.4. The molecular formula is C15H19NO3.